The van der Waals surface area contributed by atoms with Crippen molar-refractivity contribution < 1.29 is 14.6 Å². The van der Waals surface area contributed by atoms with Gasteiger partial charge >= 0.3 is 5.97 Å². The highest BCUT2D eigenvalue weighted by Crippen LogP contribution is 2.22. The molecule has 0 unspecified atom stereocenters. The van der Waals surface area contributed by atoms with Gasteiger partial charge in [-0.2, -0.15) is 0 Å². The smallest absolute Gasteiger partial charge is 0.339 e. The van der Waals surface area contributed by atoms with Gasteiger partial charge in [0.05, 0.1) is 18.0 Å². The maximum atomic E-state index is 11.2. The van der Waals surface area contributed by atoms with Crippen LogP contribution in [0.2, 0.25) is 0 Å². The van der Waals surface area contributed by atoms with Crippen LogP contribution in [0.4, 0.5) is 5.69 Å². The number of methoxy groups -OCH3 is 1. The van der Waals surface area contributed by atoms with Gasteiger partial charge in [0.25, 0.3) is 0 Å². The number of aromatic carboxylic acids is 1. The van der Waals surface area contributed by atoms with Crippen molar-refractivity contribution >= 4 is 11.7 Å². The van der Waals surface area contributed by atoms with Gasteiger partial charge in [-0.3, -0.25) is 4.98 Å². The Kier molecular flexibility index (Phi) is 4.45. The van der Waals surface area contributed by atoms with Gasteiger partial charge in [-0.15, -0.1) is 0 Å². The summed E-state index contributed by atoms with van der Waals surface area (Å²) in [5, 5.41) is 9.21. The van der Waals surface area contributed by atoms with E-state index >= 15 is 0 Å². The van der Waals surface area contributed by atoms with Gasteiger partial charge in [-0.25, -0.2) is 4.79 Å². The Morgan fingerprint density at radius 3 is 2.71 bits per heavy atom. The molecule has 0 spiro atoms. The zero-order chi connectivity index (χ0) is 13.0. The summed E-state index contributed by atoms with van der Waals surface area (Å²) in [5.41, 5.74) is 2.29. The molecule has 1 rings (SSSR count). The van der Waals surface area contributed by atoms with Crippen LogP contribution >= 0.6 is 0 Å². The van der Waals surface area contributed by atoms with Crippen LogP contribution in [-0.2, 0) is 4.74 Å². The standard InChI is InChI=1S/C12H18N2O3/c1-8-7-10(14(3)5-6-17-4)11(12(15)16)9(2)13-8/h7H,5-6H2,1-4H3,(H,15,16). The zero-order valence-electron chi connectivity index (χ0n) is 10.6. The Bertz CT molecular complexity index is 418. The molecular formula is C12H18N2O3. The average molecular weight is 238 g/mol. The van der Waals surface area contributed by atoms with Crippen molar-refractivity contribution in [3.8, 4) is 0 Å². The van der Waals surface area contributed by atoms with Crippen LogP contribution in [0.15, 0.2) is 6.07 Å². The molecule has 0 fully saturated rings. The number of anilines is 1. The van der Waals surface area contributed by atoms with E-state index in [-0.39, 0.29) is 5.56 Å². The molecule has 0 saturated carbocycles. The Labute approximate surface area is 101 Å². The molecule has 5 heteroatoms. The third-order valence-electron chi connectivity index (χ3n) is 2.56. The number of aryl methyl sites for hydroxylation is 2. The van der Waals surface area contributed by atoms with Gasteiger partial charge in [0.15, 0.2) is 0 Å². The van der Waals surface area contributed by atoms with Crippen LogP contribution in [0.5, 0.6) is 0 Å². The van der Waals surface area contributed by atoms with E-state index in [1.54, 1.807) is 20.1 Å². The summed E-state index contributed by atoms with van der Waals surface area (Å²) < 4.78 is 4.99. The van der Waals surface area contributed by atoms with Gasteiger partial charge < -0.3 is 14.7 Å². The summed E-state index contributed by atoms with van der Waals surface area (Å²) in [5.74, 6) is -0.950. The molecule has 0 atom stereocenters. The molecule has 0 radical (unpaired) electrons. The lowest BCUT2D eigenvalue weighted by Crippen LogP contribution is -2.25. The van der Waals surface area contributed by atoms with Crippen molar-refractivity contribution in [2.45, 2.75) is 13.8 Å². The molecule has 17 heavy (non-hydrogen) atoms. The quantitative estimate of drug-likeness (QED) is 0.841. The second kappa shape index (κ2) is 5.63. The summed E-state index contributed by atoms with van der Waals surface area (Å²) in [6, 6.07) is 1.78. The van der Waals surface area contributed by atoms with Crippen molar-refractivity contribution in [1.29, 1.82) is 0 Å². The number of carbonyl (C=O) groups is 1. The fourth-order valence-electron chi connectivity index (χ4n) is 1.72. The van der Waals surface area contributed by atoms with Crippen LogP contribution in [0.3, 0.4) is 0 Å². The maximum absolute atomic E-state index is 11.2. The molecule has 0 bridgehead atoms. The first-order valence-electron chi connectivity index (χ1n) is 5.39. The van der Waals surface area contributed by atoms with Gasteiger partial charge in [0, 0.05) is 26.4 Å². The van der Waals surface area contributed by atoms with Gasteiger partial charge in [0.2, 0.25) is 0 Å². The largest absolute Gasteiger partial charge is 0.478 e. The Hall–Kier alpha value is -1.62. The second-order valence-corrected chi connectivity index (χ2v) is 3.96. The number of hydrogen-bond acceptors (Lipinski definition) is 4. The highest BCUT2D eigenvalue weighted by Gasteiger charge is 2.17. The van der Waals surface area contributed by atoms with Crippen molar-refractivity contribution in [3.05, 3.63) is 23.0 Å². The molecule has 1 heterocycles. The first-order chi connectivity index (χ1) is 7.97. The fraction of sp³-hybridized carbons (Fsp3) is 0.500. The van der Waals surface area contributed by atoms with Crippen LogP contribution < -0.4 is 4.90 Å². The van der Waals surface area contributed by atoms with Crippen molar-refractivity contribution in [2.24, 2.45) is 0 Å². The van der Waals surface area contributed by atoms with Crippen molar-refractivity contribution in [2.75, 3.05) is 32.2 Å². The molecular weight excluding hydrogens is 220 g/mol. The molecule has 1 N–H and O–H groups in total. The monoisotopic (exact) mass is 238 g/mol. The number of rotatable bonds is 5. The zero-order valence-corrected chi connectivity index (χ0v) is 10.6. The highest BCUT2D eigenvalue weighted by atomic mass is 16.5. The van der Waals surface area contributed by atoms with E-state index in [9.17, 15) is 9.90 Å². The SMILES string of the molecule is COCCN(C)c1cc(C)nc(C)c1C(=O)O. The molecule has 0 aliphatic rings. The minimum Gasteiger partial charge on any atom is -0.478 e. The minimum atomic E-state index is -0.950. The maximum Gasteiger partial charge on any atom is 0.339 e. The number of hydrogen-bond donors (Lipinski definition) is 1. The normalized spacial score (nSPS) is 10.4. The number of ether oxygens (including phenoxy) is 1. The predicted molar refractivity (Wildman–Crippen MR) is 65.8 cm³/mol. The molecule has 94 valence electrons. The van der Waals surface area contributed by atoms with E-state index in [2.05, 4.69) is 4.98 Å². The molecule has 5 nitrogen and oxygen atoms in total. The van der Waals surface area contributed by atoms with E-state index < -0.39 is 5.97 Å². The first-order valence-corrected chi connectivity index (χ1v) is 5.39. The summed E-state index contributed by atoms with van der Waals surface area (Å²) in [7, 11) is 3.47. The summed E-state index contributed by atoms with van der Waals surface area (Å²) in [6.07, 6.45) is 0. The third kappa shape index (κ3) is 3.17. The number of carboxylic acids is 1. The minimum absolute atomic E-state index is 0.259. The summed E-state index contributed by atoms with van der Waals surface area (Å²) in [4.78, 5) is 17.3. The van der Waals surface area contributed by atoms with Gasteiger partial charge in [-0.05, 0) is 19.9 Å². The summed E-state index contributed by atoms with van der Waals surface area (Å²) in [6.45, 7) is 4.76. The third-order valence-corrected chi connectivity index (χ3v) is 2.56. The number of pyridine rings is 1. The Morgan fingerprint density at radius 2 is 2.18 bits per heavy atom. The van der Waals surface area contributed by atoms with Gasteiger partial charge in [0.1, 0.15) is 5.56 Å². The Morgan fingerprint density at radius 1 is 1.53 bits per heavy atom. The summed E-state index contributed by atoms with van der Waals surface area (Å²) >= 11 is 0. The van der Waals surface area contributed by atoms with E-state index in [1.807, 2.05) is 18.9 Å². The van der Waals surface area contributed by atoms with Crippen LogP contribution in [0.25, 0.3) is 0 Å². The predicted octanol–water partition coefficient (Wildman–Crippen LogP) is 1.48. The number of carboxylic acid groups (broad SMARTS) is 1. The van der Waals surface area contributed by atoms with Crippen LogP contribution in [0, 0.1) is 13.8 Å². The second-order valence-electron chi connectivity index (χ2n) is 3.96. The van der Waals surface area contributed by atoms with Crippen LogP contribution in [0.1, 0.15) is 21.7 Å². The first kappa shape index (κ1) is 13.4. The van der Waals surface area contributed by atoms with Crippen LogP contribution in [-0.4, -0.2) is 43.4 Å². The van der Waals surface area contributed by atoms with Gasteiger partial charge in [-0.1, -0.05) is 0 Å². The van der Waals surface area contributed by atoms with E-state index in [1.165, 1.54) is 0 Å². The topological polar surface area (TPSA) is 62.7 Å². The number of nitrogens with zero attached hydrogens (tertiary/aromatic N) is 2. The number of aromatic nitrogens is 1. The van der Waals surface area contributed by atoms with E-state index in [4.69, 9.17) is 4.74 Å². The lowest BCUT2D eigenvalue weighted by atomic mass is 10.1. The molecule has 0 aliphatic heterocycles. The number of likely N-dealkylation sites (N-methyl/N-ethyl adjacent to an activating group) is 1. The molecule has 0 aromatic carbocycles. The molecule has 1 aromatic rings. The lowest BCUT2D eigenvalue weighted by Gasteiger charge is -2.22. The lowest BCUT2D eigenvalue weighted by molar-refractivity contribution is 0.0696. The van der Waals surface area contributed by atoms with E-state index in [0.29, 0.717) is 24.5 Å². The van der Waals surface area contributed by atoms with Crippen molar-refractivity contribution in [3.63, 3.8) is 0 Å². The Balaban J connectivity index is 3.15. The molecule has 0 saturated heterocycles. The van der Waals surface area contributed by atoms with Crippen molar-refractivity contribution in [1.82, 2.24) is 4.98 Å². The highest BCUT2D eigenvalue weighted by molar-refractivity contribution is 5.95. The average Bonchev–Trinajstić information content (AvgIpc) is 2.23. The molecule has 1 aromatic heterocycles. The molecule has 0 amide bonds. The van der Waals surface area contributed by atoms with E-state index in [0.717, 1.165) is 5.69 Å². The molecule has 0 aliphatic carbocycles. The fourth-order valence-corrected chi connectivity index (χ4v) is 1.72.